The third-order valence-corrected chi connectivity index (χ3v) is 14.4. The molecule has 5 nitrogen and oxygen atoms in total. The van der Waals surface area contributed by atoms with Gasteiger partial charge in [-0.3, -0.25) is 9.98 Å². The van der Waals surface area contributed by atoms with Crippen LogP contribution in [0.4, 0.5) is 11.4 Å². The van der Waals surface area contributed by atoms with Crippen LogP contribution in [0.1, 0.15) is 11.4 Å². The summed E-state index contributed by atoms with van der Waals surface area (Å²) in [5.74, 6) is 0. The number of aromatic nitrogens is 1. The van der Waals surface area contributed by atoms with Gasteiger partial charge in [0.2, 0.25) is 0 Å². The molecule has 0 aliphatic carbocycles. The summed E-state index contributed by atoms with van der Waals surface area (Å²) in [6, 6.07) is 57.4. The summed E-state index contributed by atoms with van der Waals surface area (Å²) in [6.45, 7) is 0. The summed E-state index contributed by atoms with van der Waals surface area (Å²) in [5.41, 5.74) is 2.87. The summed E-state index contributed by atoms with van der Waals surface area (Å²) in [6.07, 6.45) is 3.42. The Bertz CT molecular complexity index is 2090. The van der Waals surface area contributed by atoms with Crippen LogP contribution in [0.3, 0.4) is 0 Å². The number of hydrogen-bond donors (Lipinski definition) is 0. The standard InChI is InChI=1S/C42H32N3O2P2.2ClH.Fe/c46-48(37-13-5-1-6-14-37,38-15-7-2-8-16-38)41-27-23-33(24-28-41)43-31-35-21-22-36(45-35)32-44-34-25-29-42(30-26-34)49(47,39-17-9-3-10-18-39)40-19-11-4-12-20-40;;;/h1-32H;2*1H;/q-1;;;+3/p-2. The fraction of sp³-hybridized carbons (Fsp3) is 0. The van der Waals surface area contributed by atoms with Crippen LogP contribution in [0.2, 0.25) is 0 Å². The number of rotatable bonds is 10. The Morgan fingerprint density at radius 2 is 0.654 bits per heavy atom. The van der Waals surface area contributed by atoms with Crippen molar-refractivity contribution in [3.8, 4) is 0 Å². The van der Waals surface area contributed by atoms with Gasteiger partial charge in [0.1, 0.15) is 0 Å². The topological polar surface area (TPSA) is 73.0 Å². The molecule has 0 aliphatic heterocycles. The molecule has 52 heavy (non-hydrogen) atoms. The predicted molar refractivity (Wildman–Crippen MR) is 218 cm³/mol. The summed E-state index contributed by atoms with van der Waals surface area (Å²) in [7, 11) is 3.46. The molecule has 0 saturated heterocycles. The molecule has 0 bridgehead atoms. The maximum atomic E-state index is 14.6. The molecule has 1 heterocycles. The van der Waals surface area contributed by atoms with E-state index in [1.807, 2.05) is 182 Å². The average Bonchev–Trinajstić information content (AvgIpc) is 3.68. The first kappa shape index (κ1) is 37.3. The zero-order chi connectivity index (χ0) is 36.2. The van der Waals surface area contributed by atoms with E-state index in [-0.39, 0.29) is 13.1 Å². The van der Waals surface area contributed by atoms with E-state index < -0.39 is 14.3 Å². The fourth-order valence-corrected chi connectivity index (χ4v) is 11.1. The van der Waals surface area contributed by atoms with Gasteiger partial charge in [-0.05, 0) is 48.5 Å². The van der Waals surface area contributed by atoms with Crippen molar-refractivity contribution < 1.29 is 22.3 Å². The first-order chi connectivity index (χ1) is 25.4. The van der Waals surface area contributed by atoms with Crippen molar-refractivity contribution in [2.45, 2.75) is 0 Å². The molecule has 0 aliphatic rings. The van der Waals surface area contributed by atoms with E-state index in [2.05, 4.69) is 15.0 Å². The minimum absolute atomic E-state index is 0.194. The molecule has 0 radical (unpaired) electrons. The molecule has 0 spiro atoms. The summed E-state index contributed by atoms with van der Waals surface area (Å²) >= 11 is 0.194. The molecule has 0 saturated carbocycles. The van der Waals surface area contributed by atoms with E-state index in [4.69, 9.17) is 20.2 Å². The molecule has 0 unspecified atom stereocenters. The van der Waals surface area contributed by atoms with E-state index in [0.29, 0.717) is 11.4 Å². The van der Waals surface area contributed by atoms with Crippen molar-refractivity contribution >= 4 is 90.1 Å². The van der Waals surface area contributed by atoms with E-state index >= 15 is 0 Å². The third-order valence-electron chi connectivity index (χ3n) is 8.28. The van der Waals surface area contributed by atoms with Gasteiger partial charge < -0.3 is 14.1 Å². The van der Waals surface area contributed by atoms with Crippen LogP contribution in [0, 0.1) is 0 Å². The maximum absolute atomic E-state index is 14.6. The van der Waals surface area contributed by atoms with Crippen molar-refractivity contribution in [3.63, 3.8) is 0 Å². The van der Waals surface area contributed by atoms with Crippen LogP contribution < -0.4 is 36.8 Å². The van der Waals surface area contributed by atoms with Crippen molar-refractivity contribution in [1.29, 1.82) is 0 Å². The second kappa shape index (κ2) is 17.8. The molecule has 7 aromatic rings. The first-order valence-electron chi connectivity index (χ1n) is 16.2. The van der Waals surface area contributed by atoms with Gasteiger partial charge >= 0.3 is 33.3 Å². The number of nitrogens with zero attached hydrogens (tertiary/aromatic N) is 3. The van der Waals surface area contributed by atoms with Crippen molar-refractivity contribution in [2.75, 3.05) is 0 Å². The van der Waals surface area contributed by atoms with E-state index in [9.17, 15) is 9.13 Å². The molecule has 0 amide bonds. The van der Waals surface area contributed by atoms with Gasteiger partial charge in [-0.1, -0.05) is 133 Å². The molecule has 259 valence electrons. The van der Waals surface area contributed by atoms with Gasteiger partial charge in [-0.15, -0.1) is 11.4 Å². The summed E-state index contributed by atoms with van der Waals surface area (Å²) in [4.78, 5) is 13.8. The Kier molecular flexibility index (Phi) is 12.8. The molecule has 10 heteroatoms. The monoisotopic (exact) mass is 798 g/mol. The quantitative estimate of drug-likeness (QED) is 0.0790. The predicted octanol–water partition coefficient (Wildman–Crippen LogP) is 8.80. The minimum atomic E-state index is -3.04. The zero-order valence-electron chi connectivity index (χ0n) is 27.6. The summed E-state index contributed by atoms with van der Waals surface area (Å²) < 4.78 is 29.2. The molecule has 0 N–H and O–H groups in total. The second-order valence-electron chi connectivity index (χ2n) is 11.5. The number of halogens is 2. The SMILES string of the molecule is O=P(c1ccccc1)(c1ccccc1)c1ccc(N=Cc2ccc(C=Nc3ccc(P(=O)(c4ccccc4)c4ccccc4)cc3)[n-]2)cc1.[Cl][Fe+][Cl]. The Balaban J connectivity index is 0.00000150. The summed E-state index contributed by atoms with van der Waals surface area (Å²) in [5, 5.41) is 4.69. The number of aliphatic imine (C=N–C) groups is 2. The molecular formula is C42H32Cl2FeN3O2P2. The van der Waals surface area contributed by atoms with E-state index in [1.165, 1.54) is 0 Å². The molecule has 1 aromatic heterocycles. The Labute approximate surface area is 318 Å². The van der Waals surface area contributed by atoms with E-state index in [1.54, 1.807) is 12.4 Å². The third kappa shape index (κ3) is 8.58. The van der Waals surface area contributed by atoms with E-state index in [0.717, 1.165) is 43.2 Å². The Hall–Kier alpha value is -4.50. The van der Waals surface area contributed by atoms with Gasteiger partial charge in [0.15, 0.2) is 14.3 Å². The van der Waals surface area contributed by atoms with Gasteiger partial charge in [0.25, 0.3) is 0 Å². The van der Waals surface area contributed by atoms with Gasteiger partial charge in [0.05, 0.1) is 11.4 Å². The van der Waals surface area contributed by atoms with Crippen LogP contribution in [0.5, 0.6) is 0 Å². The second-order valence-corrected chi connectivity index (χ2v) is 18.8. The Morgan fingerprint density at radius 1 is 0.404 bits per heavy atom. The molecular weight excluding hydrogens is 767 g/mol. The molecule has 6 aromatic carbocycles. The van der Waals surface area contributed by atoms with Gasteiger partial charge in [-0.25, -0.2) is 0 Å². The van der Waals surface area contributed by atoms with Crippen LogP contribution in [-0.4, -0.2) is 12.4 Å². The van der Waals surface area contributed by atoms with Crippen LogP contribution >= 0.6 is 34.5 Å². The van der Waals surface area contributed by atoms with Crippen LogP contribution in [0.25, 0.3) is 0 Å². The van der Waals surface area contributed by atoms with Crippen molar-refractivity contribution in [2.24, 2.45) is 9.98 Å². The average molecular weight is 799 g/mol. The molecule has 0 atom stereocenters. The fourth-order valence-electron chi connectivity index (χ4n) is 5.76. The first-order valence-corrected chi connectivity index (χ1v) is 22.6. The molecule has 7 rings (SSSR count). The normalized spacial score (nSPS) is 11.7. The van der Waals surface area contributed by atoms with Gasteiger partial charge in [-0.2, -0.15) is 0 Å². The number of hydrogen-bond acceptors (Lipinski definition) is 4. The van der Waals surface area contributed by atoms with Crippen molar-refractivity contribution in [1.82, 2.24) is 4.98 Å². The molecule has 0 fully saturated rings. The zero-order valence-corrected chi connectivity index (χ0v) is 32.0. The van der Waals surface area contributed by atoms with Crippen LogP contribution in [-0.2, 0) is 22.3 Å². The van der Waals surface area contributed by atoms with Crippen LogP contribution in [0.15, 0.2) is 192 Å². The number of benzene rings is 6. The Morgan fingerprint density at radius 3 is 0.923 bits per heavy atom. The van der Waals surface area contributed by atoms with Gasteiger partial charge in [0, 0.05) is 44.3 Å². The van der Waals surface area contributed by atoms with Crippen molar-refractivity contribution in [3.05, 3.63) is 193 Å².